The Kier molecular flexibility index (Phi) is 5.02. The van der Waals surface area contributed by atoms with E-state index in [2.05, 4.69) is 34.3 Å². The number of fused-ring (bicyclic) bond motifs is 1. The van der Waals surface area contributed by atoms with E-state index < -0.39 is 0 Å². The maximum atomic E-state index is 12.7. The van der Waals surface area contributed by atoms with E-state index in [1.54, 1.807) is 10.7 Å². The van der Waals surface area contributed by atoms with E-state index in [0.29, 0.717) is 18.2 Å². The summed E-state index contributed by atoms with van der Waals surface area (Å²) in [6.07, 6.45) is 5.28. The molecule has 0 N–H and O–H groups in total. The second-order valence-corrected chi connectivity index (χ2v) is 6.70. The highest BCUT2D eigenvalue weighted by Gasteiger charge is 2.25. The molecule has 0 aliphatic carbocycles. The van der Waals surface area contributed by atoms with E-state index in [9.17, 15) is 4.79 Å². The smallest absolute Gasteiger partial charge is 0.274 e. The molecule has 0 unspecified atom stereocenters. The van der Waals surface area contributed by atoms with Crippen LogP contribution in [0.3, 0.4) is 0 Å². The molecule has 0 radical (unpaired) electrons. The SMILES string of the molecule is O=C(c1cc2n(n1)CCCO2)N1CCN(C/C=C/c2ccccc2)CC1. The van der Waals surface area contributed by atoms with Gasteiger partial charge < -0.3 is 9.64 Å². The van der Waals surface area contributed by atoms with Crippen molar-refractivity contribution in [3.63, 3.8) is 0 Å². The van der Waals surface area contributed by atoms with Crippen molar-refractivity contribution in [2.75, 3.05) is 39.3 Å². The van der Waals surface area contributed by atoms with Crippen LogP contribution in [0, 0.1) is 0 Å². The number of hydrogen-bond donors (Lipinski definition) is 0. The van der Waals surface area contributed by atoms with Gasteiger partial charge in [-0.3, -0.25) is 9.69 Å². The number of ether oxygens (including phenoxy) is 1. The van der Waals surface area contributed by atoms with E-state index in [1.807, 2.05) is 23.1 Å². The molecule has 1 saturated heterocycles. The standard InChI is InChI=1S/C20H24N4O2/c25-20(18-16-19-24(21-18)10-5-15-26-19)23-13-11-22(12-14-23)9-4-8-17-6-2-1-3-7-17/h1-4,6-8,16H,5,9-15H2/b8-4+. The third kappa shape index (κ3) is 3.80. The van der Waals surface area contributed by atoms with Gasteiger partial charge in [0.15, 0.2) is 5.69 Å². The average molecular weight is 352 g/mol. The summed E-state index contributed by atoms with van der Waals surface area (Å²) in [6.45, 7) is 5.67. The number of carbonyl (C=O) groups excluding carboxylic acids is 1. The van der Waals surface area contributed by atoms with Crippen molar-refractivity contribution in [2.24, 2.45) is 0 Å². The molecule has 1 fully saturated rings. The first-order valence-electron chi connectivity index (χ1n) is 9.23. The van der Waals surface area contributed by atoms with E-state index in [1.165, 1.54) is 5.56 Å². The Morgan fingerprint density at radius 3 is 2.69 bits per heavy atom. The number of amides is 1. The Hall–Kier alpha value is -2.60. The fourth-order valence-corrected chi connectivity index (χ4v) is 3.37. The van der Waals surface area contributed by atoms with Crippen LogP contribution in [-0.2, 0) is 6.54 Å². The lowest BCUT2D eigenvalue weighted by molar-refractivity contribution is 0.0643. The van der Waals surface area contributed by atoms with Gasteiger partial charge in [-0.05, 0) is 5.56 Å². The van der Waals surface area contributed by atoms with E-state index >= 15 is 0 Å². The summed E-state index contributed by atoms with van der Waals surface area (Å²) in [4.78, 5) is 16.9. The summed E-state index contributed by atoms with van der Waals surface area (Å²) >= 11 is 0. The number of nitrogens with zero attached hydrogens (tertiary/aromatic N) is 4. The summed E-state index contributed by atoms with van der Waals surface area (Å²) in [6, 6.07) is 12.1. The molecule has 136 valence electrons. The molecule has 6 heteroatoms. The van der Waals surface area contributed by atoms with Crippen molar-refractivity contribution in [2.45, 2.75) is 13.0 Å². The summed E-state index contributed by atoms with van der Waals surface area (Å²) in [5.41, 5.74) is 1.71. The van der Waals surface area contributed by atoms with Gasteiger partial charge in [-0.25, -0.2) is 4.68 Å². The third-order valence-corrected chi connectivity index (χ3v) is 4.86. The van der Waals surface area contributed by atoms with Crippen LogP contribution in [-0.4, -0.2) is 64.8 Å². The molecule has 1 aromatic carbocycles. The van der Waals surface area contributed by atoms with Crippen LogP contribution in [0.2, 0.25) is 0 Å². The molecule has 6 nitrogen and oxygen atoms in total. The van der Waals surface area contributed by atoms with Crippen LogP contribution in [0.15, 0.2) is 42.5 Å². The number of benzene rings is 1. The van der Waals surface area contributed by atoms with Crippen molar-refractivity contribution in [3.05, 3.63) is 53.7 Å². The average Bonchev–Trinajstić information content (AvgIpc) is 3.13. The highest BCUT2D eigenvalue weighted by molar-refractivity contribution is 5.92. The Labute approximate surface area is 153 Å². The molecule has 4 rings (SSSR count). The first kappa shape index (κ1) is 16.8. The van der Waals surface area contributed by atoms with Crippen LogP contribution in [0.4, 0.5) is 0 Å². The lowest BCUT2D eigenvalue weighted by Crippen LogP contribution is -2.48. The zero-order valence-electron chi connectivity index (χ0n) is 14.9. The summed E-state index contributed by atoms with van der Waals surface area (Å²) < 4.78 is 7.35. The van der Waals surface area contributed by atoms with Gasteiger partial charge in [-0.15, -0.1) is 0 Å². The first-order chi connectivity index (χ1) is 12.8. The minimum Gasteiger partial charge on any atom is -0.478 e. The topological polar surface area (TPSA) is 50.6 Å². The lowest BCUT2D eigenvalue weighted by Gasteiger charge is -2.33. The van der Waals surface area contributed by atoms with Gasteiger partial charge in [0.2, 0.25) is 5.88 Å². The lowest BCUT2D eigenvalue weighted by atomic mass is 10.2. The van der Waals surface area contributed by atoms with Gasteiger partial charge in [0.05, 0.1) is 6.61 Å². The molecule has 3 heterocycles. The molecule has 26 heavy (non-hydrogen) atoms. The van der Waals surface area contributed by atoms with Gasteiger partial charge in [-0.2, -0.15) is 5.10 Å². The van der Waals surface area contributed by atoms with E-state index in [4.69, 9.17) is 4.74 Å². The highest BCUT2D eigenvalue weighted by atomic mass is 16.5. The molecule has 1 amide bonds. The number of carbonyl (C=O) groups is 1. The maximum Gasteiger partial charge on any atom is 0.274 e. The van der Waals surface area contributed by atoms with Crippen LogP contribution in [0.5, 0.6) is 5.88 Å². The van der Waals surface area contributed by atoms with Gasteiger partial charge in [0, 0.05) is 51.8 Å². The van der Waals surface area contributed by atoms with E-state index in [0.717, 1.165) is 45.7 Å². The van der Waals surface area contributed by atoms with Crippen molar-refractivity contribution in [3.8, 4) is 5.88 Å². The van der Waals surface area contributed by atoms with Crippen molar-refractivity contribution in [1.29, 1.82) is 0 Å². The molecular weight excluding hydrogens is 328 g/mol. The number of rotatable bonds is 4. The fraction of sp³-hybridized carbons (Fsp3) is 0.400. The summed E-state index contributed by atoms with van der Waals surface area (Å²) in [5, 5.41) is 4.40. The third-order valence-electron chi connectivity index (χ3n) is 4.86. The molecule has 0 saturated carbocycles. The van der Waals surface area contributed by atoms with Crippen LogP contribution < -0.4 is 4.74 Å². The first-order valence-corrected chi connectivity index (χ1v) is 9.23. The fourth-order valence-electron chi connectivity index (χ4n) is 3.37. The molecule has 0 bridgehead atoms. The molecule has 0 atom stereocenters. The van der Waals surface area contributed by atoms with E-state index in [-0.39, 0.29) is 5.91 Å². The Bertz CT molecular complexity index is 753. The minimum atomic E-state index is 0.00924. The molecule has 2 aromatic rings. The largest absolute Gasteiger partial charge is 0.478 e. The minimum absolute atomic E-state index is 0.00924. The second-order valence-electron chi connectivity index (χ2n) is 6.70. The predicted octanol–water partition coefficient (Wildman–Crippen LogP) is 2.14. The highest BCUT2D eigenvalue weighted by Crippen LogP contribution is 2.19. The quantitative estimate of drug-likeness (QED) is 0.846. The Balaban J connectivity index is 1.28. The van der Waals surface area contributed by atoms with Crippen molar-refractivity contribution < 1.29 is 9.53 Å². The van der Waals surface area contributed by atoms with Gasteiger partial charge in [0.25, 0.3) is 5.91 Å². The van der Waals surface area contributed by atoms with Crippen molar-refractivity contribution >= 4 is 12.0 Å². The van der Waals surface area contributed by atoms with Gasteiger partial charge >= 0.3 is 0 Å². The normalized spacial score (nSPS) is 17.9. The van der Waals surface area contributed by atoms with Crippen LogP contribution in [0.25, 0.3) is 6.08 Å². The maximum absolute atomic E-state index is 12.7. The number of aromatic nitrogens is 2. The monoisotopic (exact) mass is 352 g/mol. The second kappa shape index (κ2) is 7.74. The molecule has 2 aliphatic heterocycles. The zero-order valence-corrected chi connectivity index (χ0v) is 14.9. The van der Waals surface area contributed by atoms with Crippen molar-refractivity contribution in [1.82, 2.24) is 19.6 Å². The summed E-state index contributed by atoms with van der Waals surface area (Å²) in [5.74, 6) is 0.722. The Morgan fingerprint density at radius 2 is 1.92 bits per heavy atom. The molecule has 2 aliphatic rings. The van der Waals surface area contributed by atoms with Crippen LogP contribution in [0.1, 0.15) is 22.5 Å². The van der Waals surface area contributed by atoms with Gasteiger partial charge in [0.1, 0.15) is 0 Å². The molecule has 1 aromatic heterocycles. The summed E-state index contributed by atoms with van der Waals surface area (Å²) in [7, 11) is 0. The number of aryl methyl sites for hydroxylation is 1. The number of piperazine rings is 1. The van der Waals surface area contributed by atoms with Gasteiger partial charge in [-0.1, -0.05) is 42.5 Å². The predicted molar refractivity (Wildman–Crippen MR) is 100 cm³/mol. The number of hydrogen-bond acceptors (Lipinski definition) is 4. The molecular formula is C20H24N4O2. The zero-order chi connectivity index (χ0) is 17.8. The Morgan fingerprint density at radius 1 is 1.12 bits per heavy atom. The molecule has 0 spiro atoms. The van der Waals surface area contributed by atoms with Crippen LogP contribution >= 0.6 is 0 Å².